The number of aryl methyl sites for hydroxylation is 2. The maximum atomic E-state index is 12.4. The van der Waals surface area contributed by atoms with Gasteiger partial charge >= 0.3 is 0 Å². The third-order valence-corrected chi connectivity index (χ3v) is 5.88. The first kappa shape index (κ1) is 19.3. The summed E-state index contributed by atoms with van der Waals surface area (Å²) in [5.41, 5.74) is 2.83. The Balaban J connectivity index is 2.02. The van der Waals surface area contributed by atoms with E-state index >= 15 is 0 Å². The zero-order valence-corrected chi connectivity index (χ0v) is 15.9. The number of nitrogens with one attached hydrogen (secondary N) is 1. The summed E-state index contributed by atoms with van der Waals surface area (Å²) in [6.45, 7) is 3.93. The molecule has 0 unspecified atom stereocenters. The highest BCUT2D eigenvalue weighted by molar-refractivity contribution is 7.91. The number of ether oxygens (including phenoxy) is 1. The molecular formula is C18H20ClNO4S. The number of hydrogen-bond acceptors (Lipinski definition) is 4. The molecule has 0 atom stereocenters. The number of hydrogen-bond donors (Lipinski definition) is 1. The SMILES string of the molecule is COc1ccc(S(=O)(=O)CCC(=O)Nc2ccc(C)c(C)c2)cc1Cl. The number of rotatable bonds is 6. The molecule has 0 aliphatic heterocycles. The molecular weight excluding hydrogens is 362 g/mol. The molecule has 7 heteroatoms. The summed E-state index contributed by atoms with van der Waals surface area (Å²) in [4.78, 5) is 12.1. The number of benzene rings is 2. The van der Waals surface area contributed by atoms with Crippen LogP contribution in [0.5, 0.6) is 5.75 Å². The van der Waals surface area contributed by atoms with Gasteiger partial charge in [-0.3, -0.25) is 4.79 Å². The predicted octanol–water partition coefficient (Wildman–Crippen LogP) is 3.77. The number of amides is 1. The van der Waals surface area contributed by atoms with E-state index in [1.807, 2.05) is 26.0 Å². The number of carbonyl (C=O) groups is 1. The smallest absolute Gasteiger partial charge is 0.225 e. The van der Waals surface area contributed by atoms with E-state index in [-0.39, 0.29) is 28.0 Å². The Kier molecular flexibility index (Phi) is 6.08. The normalized spacial score (nSPS) is 11.2. The Morgan fingerprint density at radius 1 is 1.12 bits per heavy atom. The number of sulfone groups is 1. The highest BCUT2D eigenvalue weighted by Crippen LogP contribution is 2.27. The molecule has 1 N–H and O–H groups in total. The van der Waals surface area contributed by atoms with Crippen LogP contribution < -0.4 is 10.1 Å². The van der Waals surface area contributed by atoms with Gasteiger partial charge in [0.15, 0.2) is 9.84 Å². The minimum absolute atomic E-state index is 0.0669. The largest absolute Gasteiger partial charge is 0.495 e. The van der Waals surface area contributed by atoms with Gasteiger partial charge in [-0.15, -0.1) is 0 Å². The van der Waals surface area contributed by atoms with E-state index in [9.17, 15) is 13.2 Å². The number of anilines is 1. The molecule has 0 saturated carbocycles. The van der Waals surface area contributed by atoms with Crippen LogP contribution in [0.1, 0.15) is 17.5 Å². The molecule has 0 aliphatic rings. The van der Waals surface area contributed by atoms with Crippen LogP contribution in [0.3, 0.4) is 0 Å². The first-order valence-corrected chi connectivity index (χ1v) is 9.69. The molecule has 5 nitrogen and oxygen atoms in total. The molecule has 0 saturated heterocycles. The molecule has 2 aromatic carbocycles. The van der Waals surface area contributed by atoms with E-state index in [4.69, 9.17) is 16.3 Å². The molecule has 0 heterocycles. The van der Waals surface area contributed by atoms with E-state index in [0.717, 1.165) is 11.1 Å². The average Bonchev–Trinajstić information content (AvgIpc) is 2.56. The Labute approximate surface area is 152 Å². The van der Waals surface area contributed by atoms with Crippen LogP contribution in [0.4, 0.5) is 5.69 Å². The van der Waals surface area contributed by atoms with Crippen LogP contribution in [0.2, 0.25) is 5.02 Å². The lowest BCUT2D eigenvalue weighted by molar-refractivity contribution is -0.115. The maximum Gasteiger partial charge on any atom is 0.225 e. The molecule has 0 aromatic heterocycles. The Hall–Kier alpha value is -2.05. The van der Waals surface area contributed by atoms with E-state index in [2.05, 4.69) is 5.32 Å². The predicted molar refractivity (Wildman–Crippen MR) is 99.2 cm³/mol. The molecule has 1 amide bonds. The number of halogens is 1. The minimum Gasteiger partial charge on any atom is -0.495 e. The monoisotopic (exact) mass is 381 g/mol. The van der Waals surface area contributed by atoms with Crippen LogP contribution in [0, 0.1) is 13.8 Å². The van der Waals surface area contributed by atoms with Gasteiger partial charge in [0.05, 0.1) is 22.8 Å². The first-order valence-electron chi connectivity index (χ1n) is 7.66. The van der Waals surface area contributed by atoms with Gasteiger partial charge in [0.25, 0.3) is 0 Å². The lowest BCUT2D eigenvalue weighted by atomic mass is 10.1. The Morgan fingerprint density at radius 2 is 1.84 bits per heavy atom. The van der Waals surface area contributed by atoms with E-state index in [1.54, 1.807) is 6.07 Å². The Bertz CT molecular complexity index is 894. The van der Waals surface area contributed by atoms with Gasteiger partial charge in [-0.25, -0.2) is 8.42 Å². The van der Waals surface area contributed by atoms with Crippen molar-refractivity contribution in [2.75, 3.05) is 18.2 Å². The quantitative estimate of drug-likeness (QED) is 0.826. The fraction of sp³-hybridized carbons (Fsp3) is 0.278. The summed E-state index contributed by atoms with van der Waals surface area (Å²) in [6.07, 6.45) is -0.140. The van der Waals surface area contributed by atoms with Gasteiger partial charge in [0, 0.05) is 12.1 Å². The second kappa shape index (κ2) is 7.89. The zero-order valence-electron chi connectivity index (χ0n) is 14.3. The molecule has 2 aromatic rings. The highest BCUT2D eigenvalue weighted by atomic mass is 35.5. The summed E-state index contributed by atoms with van der Waals surface area (Å²) in [7, 11) is -2.16. The fourth-order valence-corrected chi connectivity index (χ4v) is 3.81. The topological polar surface area (TPSA) is 72.5 Å². The molecule has 0 spiro atoms. The molecule has 0 aliphatic carbocycles. The minimum atomic E-state index is -3.61. The van der Waals surface area contributed by atoms with Crippen molar-refractivity contribution in [1.82, 2.24) is 0 Å². The van der Waals surface area contributed by atoms with Crippen LogP contribution >= 0.6 is 11.6 Å². The summed E-state index contributed by atoms with van der Waals surface area (Å²) >= 11 is 5.96. The summed E-state index contributed by atoms with van der Waals surface area (Å²) < 4.78 is 29.7. The van der Waals surface area contributed by atoms with Crippen molar-refractivity contribution in [3.63, 3.8) is 0 Å². The second-order valence-corrected chi connectivity index (χ2v) is 8.23. The van der Waals surface area contributed by atoms with Crippen molar-refractivity contribution in [2.24, 2.45) is 0 Å². The molecule has 2 rings (SSSR count). The van der Waals surface area contributed by atoms with Crippen LogP contribution in [0.25, 0.3) is 0 Å². The molecule has 0 radical (unpaired) electrons. The molecule has 0 bridgehead atoms. The van der Waals surface area contributed by atoms with Crippen LogP contribution in [-0.2, 0) is 14.6 Å². The van der Waals surface area contributed by atoms with Crippen molar-refractivity contribution >= 4 is 33.0 Å². The van der Waals surface area contributed by atoms with Gasteiger partial charge in [0.2, 0.25) is 5.91 Å². The van der Waals surface area contributed by atoms with Gasteiger partial charge in [0.1, 0.15) is 5.75 Å². The van der Waals surface area contributed by atoms with Gasteiger partial charge in [-0.2, -0.15) is 0 Å². The summed E-state index contributed by atoms with van der Waals surface area (Å²) in [5.74, 6) is -0.258. The van der Waals surface area contributed by atoms with Crippen molar-refractivity contribution < 1.29 is 17.9 Å². The lowest BCUT2D eigenvalue weighted by Crippen LogP contribution is -2.17. The van der Waals surface area contributed by atoms with Crippen molar-refractivity contribution in [1.29, 1.82) is 0 Å². The van der Waals surface area contributed by atoms with E-state index in [1.165, 1.54) is 25.3 Å². The molecule has 134 valence electrons. The van der Waals surface area contributed by atoms with Gasteiger partial charge in [-0.05, 0) is 55.3 Å². The molecule has 25 heavy (non-hydrogen) atoms. The van der Waals surface area contributed by atoms with Crippen molar-refractivity contribution in [3.8, 4) is 5.75 Å². The highest BCUT2D eigenvalue weighted by Gasteiger charge is 2.18. The Morgan fingerprint density at radius 3 is 2.44 bits per heavy atom. The van der Waals surface area contributed by atoms with Crippen LogP contribution in [-0.4, -0.2) is 27.2 Å². The van der Waals surface area contributed by atoms with Crippen molar-refractivity contribution in [3.05, 3.63) is 52.5 Å². The maximum absolute atomic E-state index is 12.4. The number of carbonyl (C=O) groups excluding carboxylic acids is 1. The first-order chi connectivity index (χ1) is 11.7. The summed E-state index contributed by atoms with van der Waals surface area (Å²) in [5, 5.41) is 2.93. The zero-order chi connectivity index (χ0) is 18.6. The molecule has 0 fully saturated rings. The average molecular weight is 382 g/mol. The van der Waals surface area contributed by atoms with Crippen LogP contribution in [0.15, 0.2) is 41.3 Å². The van der Waals surface area contributed by atoms with Crippen molar-refractivity contribution in [2.45, 2.75) is 25.2 Å². The number of methoxy groups -OCH3 is 1. The standard InChI is InChI=1S/C18H20ClNO4S/c1-12-4-5-14(10-13(12)2)20-18(21)8-9-25(22,23)15-6-7-17(24-3)16(19)11-15/h4-7,10-11H,8-9H2,1-3H3,(H,20,21). The second-order valence-electron chi connectivity index (χ2n) is 5.71. The van der Waals surface area contributed by atoms with Gasteiger partial charge in [-0.1, -0.05) is 17.7 Å². The third-order valence-electron chi connectivity index (χ3n) is 3.87. The van der Waals surface area contributed by atoms with E-state index < -0.39 is 9.84 Å². The van der Waals surface area contributed by atoms with E-state index in [0.29, 0.717) is 11.4 Å². The third kappa shape index (κ3) is 4.96. The lowest BCUT2D eigenvalue weighted by Gasteiger charge is -2.09. The summed E-state index contributed by atoms with van der Waals surface area (Å²) in [6, 6.07) is 9.78. The fourth-order valence-electron chi connectivity index (χ4n) is 2.23. The van der Waals surface area contributed by atoms with Gasteiger partial charge < -0.3 is 10.1 Å².